The summed E-state index contributed by atoms with van der Waals surface area (Å²) < 4.78 is 5.08. The normalized spacial score (nSPS) is 21.3. The zero-order chi connectivity index (χ0) is 10.6. The van der Waals surface area contributed by atoms with Gasteiger partial charge in [-0.1, -0.05) is 0 Å². The molecule has 1 atom stereocenters. The van der Waals surface area contributed by atoms with Crippen LogP contribution in [0.5, 0.6) is 0 Å². The molecule has 82 valence electrons. The molecule has 1 fully saturated rings. The Kier molecular flexibility index (Phi) is 4.20. The molecule has 1 heterocycles. The van der Waals surface area contributed by atoms with E-state index in [2.05, 4.69) is 5.32 Å². The van der Waals surface area contributed by atoms with Gasteiger partial charge in [0.1, 0.15) is 0 Å². The molecule has 1 rings (SSSR count). The highest BCUT2D eigenvalue weighted by atomic mass is 16.6. The molecule has 0 aliphatic carbocycles. The third-order valence-corrected chi connectivity index (χ3v) is 2.30. The molecule has 1 unspecified atom stereocenters. The van der Waals surface area contributed by atoms with Crippen molar-refractivity contribution in [3.63, 3.8) is 0 Å². The quantitative estimate of drug-likeness (QED) is 0.744. The molecule has 0 saturated carbocycles. The van der Waals surface area contributed by atoms with E-state index in [9.17, 15) is 4.79 Å². The Hall–Kier alpha value is -0.770. The molecular formula is C10H20N2O2. The first kappa shape index (κ1) is 11.3. The van der Waals surface area contributed by atoms with Crippen molar-refractivity contribution in [2.45, 2.75) is 38.8 Å². The number of rotatable bonds is 3. The van der Waals surface area contributed by atoms with Crippen LogP contribution in [0.15, 0.2) is 0 Å². The third-order valence-electron chi connectivity index (χ3n) is 2.30. The van der Waals surface area contributed by atoms with Gasteiger partial charge in [-0.3, -0.25) is 0 Å². The number of ether oxygens (including phenoxy) is 1. The minimum Gasteiger partial charge on any atom is -0.447 e. The number of amides is 1. The number of nitrogens with zero attached hydrogens (tertiary/aromatic N) is 1. The van der Waals surface area contributed by atoms with Crippen molar-refractivity contribution < 1.29 is 9.53 Å². The van der Waals surface area contributed by atoms with Crippen LogP contribution in [0.3, 0.4) is 0 Å². The number of hydrogen-bond donors (Lipinski definition) is 1. The van der Waals surface area contributed by atoms with Crippen molar-refractivity contribution in [1.82, 2.24) is 10.2 Å². The molecule has 0 bridgehead atoms. The van der Waals surface area contributed by atoms with Gasteiger partial charge in [-0.15, -0.1) is 0 Å². The van der Waals surface area contributed by atoms with Gasteiger partial charge in [0, 0.05) is 19.6 Å². The van der Waals surface area contributed by atoms with Crippen LogP contribution in [0.25, 0.3) is 0 Å². The highest BCUT2D eigenvalue weighted by molar-refractivity contribution is 5.67. The minimum absolute atomic E-state index is 0.0403. The molecule has 1 saturated heterocycles. The summed E-state index contributed by atoms with van der Waals surface area (Å²) >= 11 is 0. The third kappa shape index (κ3) is 3.54. The Morgan fingerprint density at radius 3 is 2.86 bits per heavy atom. The average molecular weight is 200 g/mol. The van der Waals surface area contributed by atoms with Gasteiger partial charge < -0.3 is 15.0 Å². The van der Waals surface area contributed by atoms with Crippen LogP contribution in [-0.2, 0) is 4.74 Å². The molecule has 1 aliphatic heterocycles. The standard InChI is InChI=1S/C10H20N2O2/c1-8(2)14-10(13)12(3)7-9-5-4-6-11-9/h8-9,11H,4-7H2,1-3H3. The van der Waals surface area contributed by atoms with E-state index in [-0.39, 0.29) is 12.2 Å². The summed E-state index contributed by atoms with van der Waals surface area (Å²) in [5, 5.41) is 3.35. The van der Waals surface area contributed by atoms with Crippen LogP contribution in [0, 0.1) is 0 Å². The molecule has 1 aliphatic rings. The molecule has 1 N–H and O–H groups in total. The van der Waals surface area contributed by atoms with Gasteiger partial charge in [0.05, 0.1) is 6.10 Å². The van der Waals surface area contributed by atoms with Crippen LogP contribution in [-0.4, -0.2) is 43.3 Å². The molecular weight excluding hydrogens is 180 g/mol. The van der Waals surface area contributed by atoms with Crippen molar-refractivity contribution in [2.24, 2.45) is 0 Å². The summed E-state index contributed by atoms with van der Waals surface area (Å²) in [5.41, 5.74) is 0. The summed E-state index contributed by atoms with van der Waals surface area (Å²) in [7, 11) is 1.78. The average Bonchev–Trinajstić information content (AvgIpc) is 2.55. The smallest absolute Gasteiger partial charge is 0.409 e. The zero-order valence-electron chi connectivity index (χ0n) is 9.25. The first-order chi connectivity index (χ1) is 6.59. The maximum Gasteiger partial charge on any atom is 0.409 e. The van der Waals surface area contributed by atoms with Gasteiger partial charge >= 0.3 is 6.09 Å². The van der Waals surface area contributed by atoms with E-state index in [1.807, 2.05) is 13.8 Å². The lowest BCUT2D eigenvalue weighted by molar-refractivity contribution is 0.0820. The molecule has 4 heteroatoms. The maximum atomic E-state index is 11.4. The van der Waals surface area contributed by atoms with Crippen molar-refractivity contribution >= 4 is 6.09 Å². The van der Waals surface area contributed by atoms with Gasteiger partial charge in [-0.25, -0.2) is 4.79 Å². The van der Waals surface area contributed by atoms with Gasteiger partial charge in [0.2, 0.25) is 0 Å². The molecule has 0 aromatic heterocycles. The second kappa shape index (κ2) is 5.20. The van der Waals surface area contributed by atoms with Crippen LogP contribution in [0.4, 0.5) is 4.79 Å². The fraction of sp³-hybridized carbons (Fsp3) is 0.900. The molecule has 4 nitrogen and oxygen atoms in total. The van der Waals surface area contributed by atoms with Gasteiger partial charge in [0.25, 0.3) is 0 Å². The predicted octanol–water partition coefficient (Wildman–Crippen LogP) is 1.22. The van der Waals surface area contributed by atoms with Gasteiger partial charge in [0.15, 0.2) is 0 Å². The van der Waals surface area contributed by atoms with Crippen LogP contribution < -0.4 is 5.32 Å². The van der Waals surface area contributed by atoms with Crippen molar-refractivity contribution in [3.05, 3.63) is 0 Å². The fourth-order valence-corrected chi connectivity index (χ4v) is 1.61. The van der Waals surface area contributed by atoms with E-state index >= 15 is 0 Å². The monoisotopic (exact) mass is 200 g/mol. The highest BCUT2D eigenvalue weighted by Gasteiger charge is 2.19. The molecule has 0 spiro atoms. The first-order valence-corrected chi connectivity index (χ1v) is 5.24. The van der Waals surface area contributed by atoms with Crippen LogP contribution in [0.2, 0.25) is 0 Å². The summed E-state index contributed by atoms with van der Waals surface area (Å²) in [6, 6.07) is 0.444. The van der Waals surface area contributed by atoms with E-state index in [4.69, 9.17) is 4.74 Å². The highest BCUT2D eigenvalue weighted by Crippen LogP contribution is 2.07. The molecule has 0 aromatic carbocycles. The Labute approximate surface area is 85.6 Å². The molecule has 0 radical (unpaired) electrons. The Balaban J connectivity index is 2.25. The summed E-state index contributed by atoms with van der Waals surface area (Å²) in [5.74, 6) is 0. The molecule has 0 aromatic rings. The maximum absolute atomic E-state index is 11.4. The van der Waals surface area contributed by atoms with E-state index < -0.39 is 0 Å². The van der Waals surface area contributed by atoms with Gasteiger partial charge in [-0.2, -0.15) is 0 Å². The second-order valence-corrected chi connectivity index (χ2v) is 4.11. The molecule has 1 amide bonds. The van der Waals surface area contributed by atoms with E-state index in [0.717, 1.165) is 19.5 Å². The minimum atomic E-state index is -0.228. The summed E-state index contributed by atoms with van der Waals surface area (Å²) in [4.78, 5) is 13.1. The van der Waals surface area contributed by atoms with E-state index in [0.29, 0.717) is 6.04 Å². The largest absolute Gasteiger partial charge is 0.447 e. The van der Waals surface area contributed by atoms with Crippen LogP contribution in [0.1, 0.15) is 26.7 Å². The number of hydrogen-bond acceptors (Lipinski definition) is 3. The zero-order valence-corrected chi connectivity index (χ0v) is 9.25. The summed E-state index contributed by atoms with van der Waals surface area (Å²) in [6.45, 7) is 5.53. The van der Waals surface area contributed by atoms with Crippen molar-refractivity contribution in [2.75, 3.05) is 20.1 Å². The second-order valence-electron chi connectivity index (χ2n) is 4.11. The lowest BCUT2D eigenvalue weighted by atomic mass is 10.2. The van der Waals surface area contributed by atoms with Crippen LogP contribution >= 0.6 is 0 Å². The summed E-state index contributed by atoms with van der Waals surface area (Å²) in [6.07, 6.45) is 2.09. The van der Waals surface area contributed by atoms with Crippen molar-refractivity contribution in [3.8, 4) is 0 Å². The lowest BCUT2D eigenvalue weighted by Crippen LogP contribution is -2.39. The van der Waals surface area contributed by atoms with Crippen molar-refractivity contribution in [1.29, 1.82) is 0 Å². The fourth-order valence-electron chi connectivity index (χ4n) is 1.61. The van der Waals surface area contributed by atoms with E-state index in [1.54, 1.807) is 11.9 Å². The van der Waals surface area contributed by atoms with E-state index in [1.165, 1.54) is 6.42 Å². The first-order valence-electron chi connectivity index (χ1n) is 5.24. The number of nitrogens with one attached hydrogen (secondary N) is 1. The Morgan fingerprint density at radius 2 is 2.36 bits per heavy atom. The number of likely N-dealkylation sites (N-methyl/N-ethyl adjacent to an activating group) is 1. The van der Waals surface area contributed by atoms with Gasteiger partial charge in [-0.05, 0) is 33.2 Å². The lowest BCUT2D eigenvalue weighted by Gasteiger charge is -2.21. The predicted molar refractivity (Wildman–Crippen MR) is 55.3 cm³/mol. The number of carbonyl (C=O) groups excluding carboxylic acids is 1. The molecule has 14 heavy (non-hydrogen) atoms. The Morgan fingerprint density at radius 1 is 1.64 bits per heavy atom. The topological polar surface area (TPSA) is 41.6 Å². The Bertz CT molecular complexity index is 189. The number of carbonyl (C=O) groups is 1. The SMILES string of the molecule is CC(C)OC(=O)N(C)CC1CCCN1.